The lowest BCUT2D eigenvalue weighted by atomic mass is 10.1. The Morgan fingerprint density at radius 2 is 1.94 bits per heavy atom. The number of ether oxygens (including phenoxy) is 1. The van der Waals surface area contributed by atoms with Crippen molar-refractivity contribution < 1.29 is 4.74 Å². The van der Waals surface area contributed by atoms with Crippen LogP contribution in [0.15, 0.2) is 24.3 Å². The predicted molar refractivity (Wildman–Crippen MR) is 73.6 cm³/mol. The van der Waals surface area contributed by atoms with Crippen LogP contribution < -0.4 is 10.5 Å². The molecule has 18 heavy (non-hydrogen) atoms. The second-order valence-corrected chi connectivity index (χ2v) is 4.30. The molecule has 1 aromatic carbocycles. The molecule has 2 aromatic rings. The highest BCUT2D eigenvalue weighted by atomic mass is 16.5. The third-order valence-electron chi connectivity index (χ3n) is 3.07. The average molecular weight is 245 g/mol. The third-order valence-corrected chi connectivity index (χ3v) is 3.07. The standard InChI is InChI=1S/C14H19N3O/c1-4-5-12-16-13(14(15)17(12)2)10-6-8-11(18-3)9-7-10/h6-9H,4-5,15H2,1-3H3. The lowest BCUT2D eigenvalue weighted by Gasteiger charge is -2.02. The molecule has 96 valence electrons. The van der Waals surface area contributed by atoms with Crippen LogP contribution in [-0.4, -0.2) is 16.7 Å². The van der Waals surface area contributed by atoms with Gasteiger partial charge in [-0.15, -0.1) is 0 Å². The highest BCUT2D eigenvalue weighted by Gasteiger charge is 2.12. The van der Waals surface area contributed by atoms with Gasteiger partial charge in [-0.05, 0) is 30.7 Å². The molecule has 0 bridgehead atoms. The number of benzene rings is 1. The quantitative estimate of drug-likeness (QED) is 0.900. The van der Waals surface area contributed by atoms with Gasteiger partial charge in [0, 0.05) is 19.0 Å². The lowest BCUT2D eigenvalue weighted by molar-refractivity contribution is 0.415. The molecule has 4 nitrogen and oxygen atoms in total. The van der Waals surface area contributed by atoms with Gasteiger partial charge in [-0.25, -0.2) is 4.98 Å². The summed E-state index contributed by atoms with van der Waals surface area (Å²) < 4.78 is 7.11. The van der Waals surface area contributed by atoms with E-state index in [-0.39, 0.29) is 0 Å². The van der Waals surface area contributed by atoms with Gasteiger partial charge in [-0.1, -0.05) is 6.92 Å². The van der Waals surface area contributed by atoms with E-state index in [0.29, 0.717) is 5.82 Å². The zero-order valence-electron chi connectivity index (χ0n) is 11.1. The van der Waals surface area contributed by atoms with Gasteiger partial charge in [-0.2, -0.15) is 0 Å². The molecular weight excluding hydrogens is 226 g/mol. The fourth-order valence-electron chi connectivity index (χ4n) is 1.97. The number of nitrogens with zero attached hydrogens (tertiary/aromatic N) is 2. The maximum atomic E-state index is 6.11. The van der Waals surface area contributed by atoms with Gasteiger partial charge in [0.25, 0.3) is 0 Å². The van der Waals surface area contributed by atoms with Crippen molar-refractivity contribution in [1.82, 2.24) is 9.55 Å². The molecule has 2 N–H and O–H groups in total. The number of aromatic nitrogens is 2. The van der Waals surface area contributed by atoms with Crippen LogP contribution in [0.3, 0.4) is 0 Å². The Hall–Kier alpha value is -1.97. The van der Waals surface area contributed by atoms with Gasteiger partial charge in [0.2, 0.25) is 0 Å². The van der Waals surface area contributed by atoms with E-state index in [1.807, 2.05) is 35.9 Å². The number of rotatable bonds is 4. The maximum absolute atomic E-state index is 6.11. The van der Waals surface area contributed by atoms with Gasteiger partial charge in [0.15, 0.2) is 0 Å². The number of nitrogens with two attached hydrogens (primary N) is 1. The number of methoxy groups -OCH3 is 1. The molecule has 0 amide bonds. The van der Waals surface area contributed by atoms with E-state index in [4.69, 9.17) is 10.5 Å². The number of hydrogen-bond acceptors (Lipinski definition) is 3. The molecule has 0 unspecified atom stereocenters. The molecule has 0 fully saturated rings. The molecule has 0 saturated carbocycles. The Morgan fingerprint density at radius 1 is 1.28 bits per heavy atom. The molecule has 4 heteroatoms. The van der Waals surface area contributed by atoms with Gasteiger partial charge in [0.05, 0.1) is 7.11 Å². The molecule has 0 aliphatic carbocycles. The zero-order chi connectivity index (χ0) is 13.1. The summed E-state index contributed by atoms with van der Waals surface area (Å²) in [5.74, 6) is 2.58. The Morgan fingerprint density at radius 3 is 2.50 bits per heavy atom. The van der Waals surface area contributed by atoms with Crippen molar-refractivity contribution in [3.63, 3.8) is 0 Å². The monoisotopic (exact) mass is 245 g/mol. The molecule has 0 saturated heterocycles. The third kappa shape index (κ3) is 2.18. The normalized spacial score (nSPS) is 10.6. The highest BCUT2D eigenvalue weighted by molar-refractivity contribution is 5.71. The molecule has 0 atom stereocenters. The van der Waals surface area contributed by atoms with Crippen molar-refractivity contribution in [2.45, 2.75) is 19.8 Å². The van der Waals surface area contributed by atoms with Gasteiger partial charge < -0.3 is 15.0 Å². The van der Waals surface area contributed by atoms with Crippen LogP contribution in [0.5, 0.6) is 5.75 Å². The lowest BCUT2D eigenvalue weighted by Crippen LogP contribution is -2.01. The number of nitrogen functional groups attached to an aromatic ring is 1. The van der Waals surface area contributed by atoms with Crippen LogP contribution >= 0.6 is 0 Å². The average Bonchev–Trinajstić information content (AvgIpc) is 2.68. The van der Waals surface area contributed by atoms with E-state index in [9.17, 15) is 0 Å². The number of hydrogen-bond donors (Lipinski definition) is 1. The molecular formula is C14H19N3O. The Labute approximate surface area is 107 Å². The molecule has 1 aromatic heterocycles. The summed E-state index contributed by atoms with van der Waals surface area (Å²) in [5.41, 5.74) is 7.98. The van der Waals surface area contributed by atoms with Crippen LogP contribution in [0.1, 0.15) is 19.2 Å². The first kappa shape index (κ1) is 12.5. The van der Waals surface area contributed by atoms with Crippen molar-refractivity contribution >= 4 is 5.82 Å². The van der Waals surface area contributed by atoms with Crippen LogP contribution in [0.2, 0.25) is 0 Å². The Bertz CT molecular complexity index is 529. The fraction of sp³-hybridized carbons (Fsp3) is 0.357. The predicted octanol–water partition coefficient (Wildman–Crippen LogP) is 2.63. The summed E-state index contributed by atoms with van der Waals surface area (Å²) in [7, 11) is 3.61. The highest BCUT2D eigenvalue weighted by Crippen LogP contribution is 2.27. The molecule has 0 radical (unpaired) electrons. The SMILES string of the molecule is CCCc1nc(-c2ccc(OC)cc2)c(N)n1C. The summed E-state index contributed by atoms with van der Waals surface area (Å²) >= 11 is 0. The van der Waals surface area contributed by atoms with Crippen molar-refractivity contribution in [3.05, 3.63) is 30.1 Å². The summed E-state index contributed by atoms with van der Waals surface area (Å²) in [6.45, 7) is 2.14. The molecule has 0 aliphatic rings. The first-order chi connectivity index (χ1) is 8.67. The summed E-state index contributed by atoms with van der Waals surface area (Å²) in [6, 6.07) is 7.80. The second kappa shape index (κ2) is 5.12. The number of imidazole rings is 1. The van der Waals surface area contributed by atoms with Crippen LogP contribution in [-0.2, 0) is 13.5 Å². The summed E-state index contributed by atoms with van der Waals surface area (Å²) in [6.07, 6.45) is 2.00. The topological polar surface area (TPSA) is 53.1 Å². The van der Waals surface area contributed by atoms with Gasteiger partial charge in [0.1, 0.15) is 23.1 Å². The van der Waals surface area contributed by atoms with Crippen molar-refractivity contribution in [1.29, 1.82) is 0 Å². The van der Waals surface area contributed by atoms with Crippen LogP contribution in [0.25, 0.3) is 11.3 Å². The van der Waals surface area contributed by atoms with Crippen molar-refractivity contribution in [2.24, 2.45) is 7.05 Å². The molecule has 0 aliphatic heterocycles. The van der Waals surface area contributed by atoms with Crippen LogP contribution in [0, 0.1) is 0 Å². The minimum atomic E-state index is 0.712. The van der Waals surface area contributed by atoms with E-state index >= 15 is 0 Å². The largest absolute Gasteiger partial charge is 0.497 e. The smallest absolute Gasteiger partial charge is 0.131 e. The van der Waals surface area contributed by atoms with E-state index in [1.165, 1.54) is 0 Å². The fourth-order valence-corrected chi connectivity index (χ4v) is 1.97. The van der Waals surface area contributed by atoms with Crippen molar-refractivity contribution in [3.8, 4) is 17.0 Å². The molecule has 2 rings (SSSR count). The van der Waals surface area contributed by atoms with E-state index in [0.717, 1.165) is 35.7 Å². The van der Waals surface area contributed by atoms with Gasteiger partial charge in [-0.3, -0.25) is 0 Å². The van der Waals surface area contributed by atoms with Crippen molar-refractivity contribution in [2.75, 3.05) is 12.8 Å². The minimum absolute atomic E-state index is 0.712. The zero-order valence-corrected chi connectivity index (χ0v) is 11.1. The maximum Gasteiger partial charge on any atom is 0.131 e. The number of anilines is 1. The minimum Gasteiger partial charge on any atom is -0.497 e. The first-order valence-electron chi connectivity index (χ1n) is 6.12. The van der Waals surface area contributed by atoms with E-state index in [1.54, 1.807) is 7.11 Å². The number of aryl methyl sites for hydroxylation is 1. The first-order valence-corrected chi connectivity index (χ1v) is 6.12. The molecule has 0 spiro atoms. The Balaban J connectivity index is 2.40. The molecule has 1 heterocycles. The van der Waals surface area contributed by atoms with E-state index in [2.05, 4.69) is 11.9 Å². The Kier molecular flexibility index (Phi) is 3.55. The van der Waals surface area contributed by atoms with Crippen LogP contribution in [0.4, 0.5) is 5.82 Å². The summed E-state index contributed by atoms with van der Waals surface area (Å²) in [5, 5.41) is 0. The second-order valence-electron chi connectivity index (χ2n) is 4.30. The van der Waals surface area contributed by atoms with Gasteiger partial charge >= 0.3 is 0 Å². The van der Waals surface area contributed by atoms with E-state index < -0.39 is 0 Å². The summed E-state index contributed by atoms with van der Waals surface area (Å²) in [4.78, 5) is 4.62.